The number of carboxylic acid groups (broad SMARTS) is 1. The molecule has 0 aliphatic carbocycles. The molecule has 0 atom stereocenters. The second-order valence-electron chi connectivity index (χ2n) is 3.15. The summed E-state index contributed by atoms with van der Waals surface area (Å²) in [5, 5.41) is 10.6. The number of amides is 1. The third-order valence-corrected chi connectivity index (χ3v) is 1.96. The number of rotatable bonds is 4. The van der Waals surface area contributed by atoms with Crippen LogP contribution in [0.4, 0.5) is 0 Å². The SMILES string of the molecule is O=C(O)C(=O)NCCCc1ccccc1. The van der Waals surface area contributed by atoms with Gasteiger partial charge in [-0.15, -0.1) is 0 Å². The van der Waals surface area contributed by atoms with Gasteiger partial charge in [-0.25, -0.2) is 4.79 Å². The number of hydrogen-bond donors (Lipinski definition) is 2. The Bertz CT molecular complexity index is 335. The van der Waals surface area contributed by atoms with E-state index in [2.05, 4.69) is 5.32 Å². The van der Waals surface area contributed by atoms with Crippen LogP contribution in [0, 0.1) is 0 Å². The molecule has 2 N–H and O–H groups in total. The summed E-state index contributed by atoms with van der Waals surface area (Å²) in [6.07, 6.45) is 1.57. The summed E-state index contributed by atoms with van der Waals surface area (Å²) in [6, 6.07) is 9.84. The van der Waals surface area contributed by atoms with Gasteiger partial charge in [-0.2, -0.15) is 0 Å². The van der Waals surface area contributed by atoms with Gasteiger partial charge >= 0.3 is 11.9 Å². The molecule has 4 heteroatoms. The van der Waals surface area contributed by atoms with Crippen LogP contribution in [0.15, 0.2) is 30.3 Å². The fourth-order valence-corrected chi connectivity index (χ4v) is 1.21. The zero-order valence-electron chi connectivity index (χ0n) is 8.27. The van der Waals surface area contributed by atoms with E-state index < -0.39 is 11.9 Å². The van der Waals surface area contributed by atoms with Gasteiger partial charge in [-0.3, -0.25) is 4.79 Å². The molecule has 0 unspecified atom stereocenters. The van der Waals surface area contributed by atoms with Crippen LogP contribution in [0.2, 0.25) is 0 Å². The first-order valence-corrected chi connectivity index (χ1v) is 4.75. The average molecular weight is 207 g/mol. The maximum Gasteiger partial charge on any atom is 0.394 e. The molecule has 4 nitrogen and oxygen atoms in total. The molecule has 1 aromatic rings. The topological polar surface area (TPSA) is 66.4 Å². The monoisotopic (exact) mass is 207 g/mol. The summed E-state index contributed by atoms with van der Waals surface area (Å²) in [4.78, 5) is 20.8. The molecule has 0 bridgehead atoms. The molecule has 1 amide bonds. The minimum absolute atomic E-state index is 0.389. The Morgan fingerprint density at radius 1 is 1.20 bits per heavy atom. The van der Waals surface area contributed by atoms with Gasteiger partial charge in [-0.05, 0) is 18.4 Å². The summed E-state index contributed by atoms with van der Waals surface area (Å²) in [6.45, 7) is 0.389. The highest BCUT2D eigenvalue weighted by molar-refractivity contribution is 6.31. The van der Waals surface area contributed by atoms with Gasteiger partial charge in [-0.1, -0.05) is 30.3 Å². The Hall–Kier alpha value is -1.84. The predicted octanol–water partition coefficient (Wildman–Crippen LogP) is 0.820. The first kappa shape index (κ1) is 11.2. The molecule has 1 rings (SSSR count). The molecular weight excluding hydrogens is 194 g/mol. The zero-order chi connectivity index (χ0) is 11.1. The van der Waals surface area contributed by atoms with Crippen molar-refractivity contribution >= 4 is 11.9 Å². The maximum atomic E-state index is 10.6. The summed E-state index contributed by atoms with van der Waals surface area (Å²) < 4.78 is 0. The van der Waals surface area contributed by atoms with Crippen LogP contribution in [0.5, 0.6) is 0 Å². The number of hydrogen-bond acceptors (Lipinski definition) is 2. The van der Waals surface area contributed by atoms with Crippen molar-refractivity contribution in [1.82, 2.24) is 5.32 Å². The summed E-state index contributed by atoms with van der Waals surface area (Å²) >= 11 is 0. The van der Waals surface area contributed by atoms with Crippen LogP contribution >= 0.6 is 0 Å². The lowest BCUT2D eigenvalue weighted by atomic mass is 10.1. The average Bonchev–Trinajstić information content (AvgIpc) is 2.25. The van der Waals surface area contributed by atoms with Crippen molar-refractivity contribution in [3.05, 3.63) is 35.9 Å². The van der Waals surface area contributed by atoms with Gasteiger partial charge in [0.05, 0.1) is 0 Å². The quantitative estimate of drug-likeness (QED) is 0.567. The number of aliphatic carboxylic acids is 1. The Morgan fingerprint density at radius 2 is 1.87 bits per heavy atom. The van der Waals surface area contributed by atoms with Crippen LogP contribution in [-0.2, 0) is 16.0 Å². The highest BCUT2D eigenvalue weighted by atomic mass is 16.4. The summed E-state index contributed by atoms with van der Waals surface area (Å²) in [7, 11) is 0. The Morgan fingerprint density at radius 3 is 2.47 bits per heavy atom. The molecule has 0 aromatic heterocycles. The number of carbonyl (C=O) groups is 2. The van der Waals surface area contributed by atoms with E-state index in [1.165, 1.54) is 5.56 Å². The van der Waals surface area contributed by atoms with Crippen molar-refractivity contribution < 1.29 is 14.7 Å². The highest BCUT2D eigenvalue weighted by Gasteiger charge is 2.08. The van der Waals surface area contributed by atoms with E-state index in [1.54, 1.807) is 0 Å². The molecule has 0 spiro atoms. The lowest BCUT2D eigenvalue weighted by Gasteiger charge is -2.02. The maximum absolute atomic E-state index is 10.6. The van der Waals surface area contributed by atoms with Gasteiger partial charge in [0.1, 0.15) is 0 Å². The zero-order valence-corrected chi connectivity index (χ0v) is 8.27. The lowest BCUT2D eigenvalue weighted by Crippen LogP contribution is -2.31. The Labute approximate surface area is 87.9 Å². The second kappa shape index (κ2) is 5.80. The van der Waals surface area contributed by atoms with Gasteiger partial charge < -0.3 is 10.4 Å². The van der Waals surface area contributed by atoms with Crippen LogP contribution in [-0.4, -0.2) is 23.5 Å². The fourth-order valence-electron chi connectivity index (χ4n) is 1.21. The molecule has 0 fully saturated rings. The molecule has 0 radical (unpaired) electrons. The minimum atomic E-state index is -1.44. The van der Waals surface area contributed by atoms with Gasteiger partial charge in [0.2, 0.25) is 0 Å². The molecule has 80 valence electrons. The number of aryl methyl sites for hydroxylation is 1. The normalized spacial score (nSPS) is 9.60. The largest absolute Gasteiger partial charge is 0.474 e. The van der Waals surface area contributed by atoms with Crippen molar-refractivity contribution in [1.29, 1.82) is 0 Å². The molecule has 15 heavy (non-hydrogen) atoms. The fraction of sp³-hybridized carbons (Fsp3) is 0.273. The van der Waals surface area contributed by atoms with E-state index in [9.17, 15) is 9.59 Å². The Kier molecular flexibility index (Phi) is 4.34. The third-order valence-electron chi connectivity index (χ3n) is 1.96. The summed E-state index contributed by atoms with van der Waals surface area (Å²) in [5.41, 5.74) is 1.18. The van der Waals surface area contributed by atoms with E-state index in [4.69, 9.17) is 5.11 Å². The van der Waals surface area contributed by atoms with Crippen molar-refractivity contribution in [3.63, 3.8) is 0 Å². The molecule has 0 aliphatic heterocycles. The second-order valence-corrected chi connectivity index (χ2v) is 3.15. The lowest BCUT2D eigenvalue weighted by molar-refractivity contribution is -0.150. The first-order chi connectivity index (χ1) is 7.20. The van der Waals surface area contributed by atoms with Crippen LogP contribution in [0.3, 0.4) is 0 Å². The van der Waals surface area contributed by atoms with Crippen LogP contribution in [0.25, 0.3) is 0 Å². The smallest absolute Gasteiger partial charge is 0.394 e. The molecule has 0 saturated heterocycles. The van der Waals surface area contributed by atoms with Gasteiger partial charge in [0, 0.05) is 6.54 Å². The van der Waals surface area contributed by atoms with Crippen LogP contribution in [0.1, 0.15) is 12.0 Å². The van der Waals surface area contributed by atoms with E-state index in [0.717, 1.165) is 12.8 Å². The molecule has 0 heterocycles. The number of carbonyl (C=O) groups excluding carboxylic acids is 1. The highest BCUT2D eigenvalue weighted by Crippen LogP contribution is 2.01. The number of benzene rings is 1. The first-order valence-electron chi connectivity index (χ1n) is 4.75. The predicted molar refractivity (Wildman–Crippen MR) is 55.4 cm³/mol. The number of nitrogens with one attached hydrogen (secondary N) is 1. The standard InChI is InChI=1S/C11H13NO3/c13-10(11(14)15)12-8-4-7-9-5-2-1-3-6-9/h1-3,5-6H,4,7-8H2,(H,12,13)(H,14,15). The van der Waals surface area contributed by atoms with E-state index in [1.807, 2.05) is 30.3 Å². The van der Waals surface area contributed by atoms with E-state index >= 15 is 0 Å². The number of carboxylic acids is 1. The Balaban J connectivity index is 2.18. The van der Waals surface area contributed by atoms with Crippen molar-refractivity contribution in [2.24, 2.45) is 0 Å². The minimum Gasteiger partial charge on any atom is -0.474 e. The molecule has 0 aliphatic rings. The van der Waals surface area contributed by atoms with Crippen molar-refractivity contribution in [3.8, 4) is 0 Å². The van der Waals surface area contributed by atoms with Crippen LogP contribution < -0.4 is 5.32 Å². The van der Waals surface area contributed by atoms with Crippen molar-refractivity contribution in [2.45, 2.75) is 12.8 Å². The van der Waals surface area contributed by atoms with Gasteiger partial charge in [0.15, 0.2) is 0 Å². The molecule has 1 aromatic carbocycles. The third kappa shape index (κ3) is 4.26. The van der Waals surface area contributed by atoms with E-state index in [0.29, 0.717) is 6.54 Å². The molecule has 0 saturated carbocycles. The van der Waals surface area contributed by atoms with Gasteiger partial charge in [0.25, 0.3) is 0 Å². The molecular formula is C11H13NO3. The van der Waals surface area contributed by atoms with E-state index in [-0.39, 0.29) is 0 Å². The van der Waals surface area contributed by atoms with Crippen molar-refractivity contribution in [2.75, 3.05) is 6.54 Å². The summed E-state index contributed by atoms with van der Waals surface area (Å²) in [5.74, 6) is -2.38.